The molecule has 4 rings (SSSR count). The van der Waals surface area contributed by atoms with Crippen LogP contribution in [0.15, 0.2) is 30.5 Å². The van der Waals surface area contributed by atoms with Crippen molar-refractivity contribution < 1.29 is 23.9 Å². The van der Waals surface area contributed by atoms with Crippen LogP contribution in [0, 0.1) is 11.8 Å². The fraction of sp³-hybridized carbons (Fsp3) is 0.594. The quantitative estimate of drug-likeness (QED) is 0.473. The van der Waals surface area contributed by atoms with Crippen LogP contribution in [0.2, 0.25) is 0 Å². The van der Waals surface area contributed by atoms with Crippen LogP contribution >= 0.6 is 0 Å². The lowest BCUT2D eigenvalue weighted by Gasteiger charge is -2.35. The first kappa shape index (κ1) is 31.4. The van der Waals surface area contributed by atoms with Crippen molar-refractivity contribution in [3.63, 3.8) is 0 Å². The lowest BCUT2D eigenvalue weighted by Crippen LogP contribution is -2.61. The molecule has 0 unspecified atom stereocenters. The minimum atomic E-state index is -1.02. The van der Waals surface area contributed by atoms with Gasteiger partial charge in [0.15, 0.2) is 6.10 Å². The number of benzene rings is 1. The number of aryl methyl sites for hydroxylation is 1. The lowest BCUT2D eigenvalue weighted by molar-refractivity contribution is -0.163. The Kier molecular flexibility index (Phi) is 10.5. The lowest BCUT2D eigenvalue weighted by atomic mass is 9.95. The molecule has 5 bridgehead atoms. The molecule has 42 heavy (non-hydrogen) atoms. The van der Waals surface area contributed by atoms with Crippen LogP contribution < -0.4 is 16.1 Å². The first-order valence-corrected chi connectivity index (χ1v) is 15.3. The second-order valence-corrected chi connectivity index (χ2v) is 12.0. The number of fused-ring (bicyclic) bond motifs is 4. The molecule has 10 nitrogen and oxygen atoms in total. The molecule has 3 heterocycles. The van der Waals surface area contributed by atoms with Crippen molar-refractivity contribution >= 4 is 34.5 Å². The third kappa shape index (κ3) is 7.65. The van der Waals surface area contributed by atoms with Gasteiger partial charge in [0.2, 0.25) is 5.91 Å². The number of pyridine rings is 1. The van der Waals surface area contributed by atoms with Gasteiger partial charge >= 0.3 is 5.97 Å². The van der Waals surface area contributed by atoms with Crippen LogP contribution in [-0.2, 0) is 30.3 Å². The Balaban J connectivity index is 1.62. The van der Waals surface area contributed by atoms with Gasteiger partial charge in [-0.25, -0.2) is 5.43 Å². The van der Waals surface area contributed by atoms with Gasteiger partial charge in [-0.05, 0) is 81.4 Å². The average Bonchev–Trinajstić information content (AvgIpc) is 2.97. The fourth-order valence-corrected chi connectivity index (χ4v) is 5.71. The number of rotatable bonds is 3. The minimum absolute atomic E-state index is 0.192. The standard InChI is InChI=1S/C32H45N5O5/c1-6-9-22-10-7-11-26-17-25-16-23(13-14-24(25)18-33-26)20(4)34-29(38)27-12-8-15-37(36-27)31(40)21(5)35-30(39)28(19(2)3)42-32(22)41/h13-14,16-22,27-28,36H,6-12,15H2,1-5H3,(H,34,38)(H,35,39)/t20-,21+,22-,27+,28+/m1/s1. The molecule has 3 amide bonds. The molecule has 2 aromatic rings. The highest BCUT2D eigenvalue weighted by atomic mass is 16.5. The number of carbonyl (C=O) groups excluding carboxylic acids is 4. The number of carbonyl (C=O) groups is 4. The molecule has 2 aliphatic rings. The Morgan fingerprint density at radius 3 is 2.48 bits per heavy atom. The van der Waals surface area contributed by atoms with E-state index in [-0.39, 0.29) is 35.7 Å². The summed E-state index contributed by atoms with van der Waals surface area (Å²) in [6.45, 7) is 9.62. The van der Waals surface area contributed by atoms with Crippen LogP contribution in [0.1, 0.15) is 90.4 Å². The summed E-state index contributed by atoms with van der Waals surface area (Å²) in [5.41, 5.74) is 4.97. The molecular formula is C32H45N5O5. The third-order valence-electron chi connectivity index (χ3n) is 8.22. The summed E-state index contributed by atoms with van der Waals surface area (Å²) in [5.74, 6) is -2.04. The van der Waals surface area contributed by atoms with Crippen molar-refractivity contribution in [3.05, 3.63) is 41.7 Å². The Hall–Kier alpha value is -3.53. The van der Waals surface area contributed by atoms with Crippen molar-refractivity contribution in [2.24, 2.45) is 11.8 Å². The number of hydrogen-bond acceptors (Lipinski definition) is 7. The highest BCUT2D eigenvalue weighted by Gasteiger charge is 2.34. The zero-order chi connectivity index (χ0) is 30.4. The van der Waals surface area contributed by atoms with Crippen LogP contribution in [0.25, 0.3) is 10.8 Å². The number of aromatic nitrogens is 1. The maximum atomic E-state index is 13.3. The number of nitrogens with one attached hydrogen (secondary N) is 3. The van der Waals surface area contributed by atoms with E-state index in [0.29, 0.717) is 38.6 Å². The zero-order valence-corrected chi connectivity index (χ0v) is 25.4. The zero-order valence-electron chi connectivity index (χ0n) is 25.4. The van der Waals surface area contributed by atoms with Crippen LogP contribution in [-0.4, -0.2) is 58.4 Å². The minimum Gasteiger partial charge on any atom is -0.452 e. The van der Waals surface area contributed by atoms with E-state index in [1.807, 2.05) is 46.0 Å². The number of amides is 3. The van der Waals surface area contributed by atoms with E-state index >= 15 is 0 Å². The molecule has 0 aliphatic carbocycles. The van der Waals surface area contributed by atoms with Gasteiger partial charge in [0.25, 0.3) is 11.8 Å². The van der Waals surface area contributed by atoms with Gasteiger partial charge in [0, 0.05) is 23.8 Å². The highest BCUT2D eigenvalue weighted by molar-refractivity contribution is 5.91. The smallest absolute Gasteiger partial charge is 0.309 e. The van der Waals surface area contributed by atoms with Crippen molar-refractivity contribution in [1.82, 2.24) is 26.1 Å². The van der Waals surface area contributed by atoms with Crippen LogP contribution in [0.3, 0.4) is 0 Å². The molecule has 3 N–H and O–H groups in total. The van der Waals surface area contributed by atoms with Crippen LogP contribution in [0.5, 0.6) is 0 Å². The van der Waals surface area contributed by atoms with Gasteiger partial charge < -0.3 is 15.4 Å². The Morgan fingerprint density at radius 2 is 1.74 bits per heavy atom. The summed E-state index contributed by atoms with van der Waals surface area (Å²) in [6, 6.07) is 6.46. The molecule has 0 spiro atoms. The van der Waals surface area contributed by atoms with E-state index in [9.17, 15) is 19.2 Å². The monoisotopic (exact) mass is 579 g/mol. The van der Waals surface area contributed by atoms with E-state index in [4.69, 9.17) is 4.74 Å². The number of hydrazine groups is 1. The number of esters is 1. The second-order valence-electron chi connectivity index (χ2n) is 12.0. The topological polar surface area (TPSA) is 130 Å². The van der Waals surface area contributed by atoms with Crippen molar-refractivity contribution in [3.8, 4) is 0 Å². The van der Waals surface area contributed by atoms with Gasteiger partial charge in [0.1, 0.15) is 12.1 Å². The number of ether oxygens (including phenoxy) is 1. The molecular weight excluding hydrogens is 534 g/mol. The van der Waals surface area contributed by atoms with Crippen molar-refractivity contribution in [2.45, 2.75) is 104 Å². The molecule has 1 aromatic heterocycles. The second kappa shape index (κ2) is 14.1. The number of nitrogens with zero attached hydrogens (tertiary/aromatic N) is 2. The van der Waals surface area contributed by atoms with E-state index in [1.165, 1.54) is 5.01 Å². The largest absolute Gasteiger partial charge is 0.452 e. The fourth-order valence-electron chi connectivity index (χ4n) is 5.71. The summed E-state index contributed by atoms with van der Waals surface area (Å²) in [6.07, 6.45) is 5.63. The summed E-state index contributed by atoms with van der Waals surface area (Å²) in [5, 5.41) is 9.29. The molecule has 1 saturated heterocycles. The van der Waals surface area contributed by atoms with Gasteiger partial charge in [-0.3, -0.25) is 29.2 Å². The normalized spacial score (nSPS) is 26.9. The third-order valence-corrected chi connectivity index (χ3v) is 8.22. The first-order valence-electron chi connectivity index (χ1n) is 15.3. The molecule has 1 fully saturated rings. The highest BCUT2D eigenvalue weighted by Crippen LogP contribution is 2.24. The SMILES string of the molecule is CCC[C@@H]1CCCc2cc3cc(ccc3cn2)[C@@H](C)NC(=O)[C@@H]2CCCN(N2)C(=O)[C@H](C)NC(=O)[C@H](C(C)C)OC1=O. The number of hydrogen-bond donors (Lipinski definition) is 3. The van der Waals surface area contributed by atoms with E-state index < -0.39 is 24.1 Å². The maximum absolute atomic E-state index is 13.3. The van der Waals surface area contributed by atoms with Crippen molar-refractivity contribution in [1.29, 1.82) is 0 Å². The van der Waals surface area contributed by atoms with Gasteiger partial charge in [0.05, 0.1) is 12.0 Å². The maximum Gasteiger partial charge on any atom is 0.309 e. The molecule has 1 aromatic carbocycles. The van der Waals surface area contributed by atoms with Crippen molar-refractivity contribution in [2.75, 3.05) is 6.54 Å². The molecule has 0 saturated carbocycles. The molecule has 5 atom stereocenters. The van der Waals surface area contributed by atoms with Gasteiger partial charge in [-0.15, -0.1) is 0 Å². The Bertz CT molecular complexity index is 1300. The molecule has 2 aliphatic heterocycles. The predicted octanol–water partition coefficient (Wildman–Crippen LogP) is 3.73. The first-order chi connectivity index (χ1) is 20.1. The van der Waals surface area contributed by atoms with Crippen LogP contribution in [0.4, 0.5) is 0 Å². The van der Waals surface area contributed by atoms with E-state index in [1.54, 1.807) is 6.92 Å². The molecule has 228 valence electrons. The summed E-state index contributed by atoms with van der Waals surface area (Å²) >= 11 is 0. The average molecular weight is 580 g/mol. The summed E-state index contributed by atoms with van der Waals surface area (Å²) in [4.78, 5) is 57.6. The van der Waals surface area contributed by atoms with E-state index in [0.717, 1.165) is 34.9 Å². The van der Waals surface area contributed by atoms with E-state index in [2.05, 4.69) is 33.2 Å². The summed E-state index contributed by atoms with van der Waals surface area (Å²) in [7, 11) is 0. The Morgan fingerprint density at radius 1 is 0.976 bits per heavy atom. The Labute approximate surface area is 248 Å². The molecule has 0 radical (unpaired) electrons. The number of cyclic esters (lactones) is 1. The van der Waals surface area contributed by atoms with Gasteiger partial charge in [-0.1, -0.05) is 39.3 Å². The summed E-state index contributed by atoms with van der Waals surface area (Å²) < 4.78 is 5.79. The van der Waals surface area contributed by atoms with Gasteiger partial charge in [-0.2, -0.15) is 0 Å². The molecule has 10 heteroatoms. The predicted molar refractivity (Wildman–Crippen MR) is 160 cm³/mol.